The second-order valence-electron chi connectivity index (χ2n) is 4.71. The Morgan fingerprint density at radius 3 is 2.65 bits per heavy atom. The molecule has 17 heavy (non-hydrogen) atoms. The van der Waals surface area contributed by atoms with E-state index in [9.17, 15) is 8.42 Å². The van der Waals surface area contributed by atoms with E-state index in [1.165, 1.54) is 0 Å². The first kappa shape index (κ1) is 14.9. The van der Waals surface area contributed by atoms with E-state index in [1.807, 2.05) is 6.92 Å². The second kappa shape index (κ2) is 6.13. The van der Waals surface area contributed by atoms with Gasteiger partial charge in [-0.25, -0.2) is 8.42 Å². The number of sulfonamides is 1. The molecule has 1 heterocycles. The van der Waals surface area contributed by atoms with Gasteiger partial charge in [0.15, 0.2) is 0 Å². The van der Waals surface area contributed by atoms with Gasteiger partial charge in [-0.1, -0.05) is 13.8 Å². The molecule has 0 spiro atoms. The summed E-state index contributed by atoms with van der Waals surface area (Å²) in [7, 11) is -1.63. The average Bonchev–Trinajstić information content (AvgIpc) is 2.30. The van der Waals surface area contributed by atoms with Crippen LogP contribution < -0.4 is 5.73 Å². The van der Waals surface area contributed by atoms with Gasteiger partial charge in [-0.3, -0.25) is 0 Å². The normalized spacial score (nSPS) is 29.2. The molecule has 1 rings (SSSR count). The largest absolute Gasteiger partial charge is 0.380 e. The predicted molar refractivity (Wildman–Crippen MR) is 68.2 cm³/mol. The van der Waals surface area contributed by atoms with E-state index >= 15 is 0 Å². The maximum atomic E-state index is 12.3. The Labute approximate surface area is 104 Å². The molecule has 2 N–H and O–H groups in total. The lowest BCUT2D eigenvalue weighted by atomic mass is 9.97. The monoisotopic (exact) mass is 264 g/mol. The Morgan fingerprint density at radius 2 is 2.18 bits per heavy atom. The van der Waals surface area contributed by atoms with Crippen molar-refractivity contribution in [1.29, 1.82) is 0 Å². The fourth-order valence-corrected chi connectivity index (χ4v) is 4.05. The summed E-state index contributed by atoms with van der Waals surface area (Å²) in [6.45, 7) is 5.17. The van der Waals surface area contributed by atoms with Gasteiger partial charge in [0, 0.05) is 26.7 Å². The van der Waals surface area contributed by atoms with Crippen LogP contribution in [0.2, 0.25) is 0 Å². The molecule has 0 radical (unpaired) electrons. The van der Waals surface area contributed by atoms with Crippen molar-refractivity contribution in [3.8, 4) is 0 Å². The molecular formula is C11H24N2O3S. The molecule has 5 nitrogen and oxygen atoms in total. The number of nitrogens with two attached hydrogens (primary N) is 1. The van der Waals surface area contributed by atoms with E-state index in [0.29, 0.717) is 25.4 Å². The van der Waals surface area contributed by atoms with Gasteiger partial charge >= 0.3 is 0 Å². The molecule has 6 heteroatoms. The molecular weight excluding hydrogens is 240 g/mol. The molecule has 0 bridgehead atoms. The molecule has 1 fully saturated rings. The van der Waals surface area contributed by atoms with Crippen LogP contribution in [0.5, 0.6) is 0 Å². The minimum atomic E-state index is -3.26. The highest BCUT2D eigenvalue weighted by molar-refractivity contribution is 7.89. The van der Waals surface area contributed by atoms with Crippen molar-refractivity contribution in [2.75, 3.05) is 26.7 Å². The Morgan fingerprint density at radius 1 is 1.53 bits per heavy atom. The Balaban J connectivity index is 2.79. The summed E-state index contributed by atoms with van der Waals surface area (Å²) in [4.78, 5) is 0. The highest BCUT2D eigenvalue weighted by atomic mass is 32.2. The third-order valence-corrected chi connectivity index (χ3v) is 6.07. The van der Waals surface area contributed by atoms with Crippen LogP contribution >= 0.6 is 0 Å². The van der Waals surface area contributed by atoms with Crippen LogP contribution in [0, 0.1) is 5.92 Å². The minimum absolute atomic E-state index is 0.00574. The summed E-state index contributed by atoms with van der Waals surface area (Å²) in [6, 6.07) is 0. The number of ether oxygens (including phenoxy) is 1. The maximum Gasteiger partial charge on any atom is 0.218 e. The summed E-state index contributed by atoms with van der Waals surface area (Å²) < 4.78 is 31.5. The van der Waals surface area contributed by atoms with Crippen LogP contribution in [-0.4, -0.2) is 50.8 Å². The van der Waals surface area contributed by atoms with Crippen molar-refractivity contribution in [1.82, 2.24) is 4.31 Å². The third kappa shape index (κ3) is 3.19. The van der Waals surface area contributed by atoms with Crippen molar-refractivity contribution in [3.63, 3.8) is 0 Å². The Kier molecular flexibility index (Phi) is 5.37. The zero-order valence-electron chi connectivity index (χ0n) is 10.9. The zero-order chi connectivity index (χ0) is 13.1. The summed E-state index contributed by atoms with van der Waals surface area (Å²) in [5.41, 5.74) is 5.53. The second-order valence-corrected chi connectivity index (χ2v) is 6.92. The average molecular weight is 264 g/mol. The van der Waals surface area contributed by atoms with Crippen LogP contribution in [-0.2, 0) is 14.8 Å². The fraction of sp³-hybridized carbons (Fsp3) is 1.00. The van der Waals surface area contributed by atoms with Crippen LogP contribution in [0.25, 0.3) is 0 Å². The van der Waals surface area contributed by atoms with Gasteiger partial charge in [0.05, 0.1) is 11.4 Å². The highest BCUT2D eigenvalue weighted by Crippen LogP contribution is 2.23. The lowest BCUT2D eigenvalue weighted by Gasteiger charge is -2.36. The zero-order valence-corrected chi connectivity index (χ0v) is 11.7. The SMILES string of the molecule is CCC(CN)S(=O)(=O)N1CCC(C)C(OC)C1. The molecule has 0 aromatic carbocycles. The van der Waals surface area contributed by atoms with E-state index in [1.54, 1.807) is 11.4 Å². The van der Waals surface area contributed by atoms with E-state index in [0.717, 1.165) is 6.42 Å². The van der Waals surface area contributed by atoms with Crippen LogP contribution in [0.1, 0.15) is 26.7 Å². The molecule has 1 saturated heterocycles. The van der Waals surface area contributed by atoms with Crippen molar-refractivity contribution in [3.05, 3.63) is 0 Å². The fourth-order valence-electron chi connectivity index (χ4n) is 2.25. The molecule has 3 atom stereocenters. The topological polar surface area (TPSA) is 72.6 Å². The van der Waals surface area contributed by atoms with Gasteiger partial charge < -0.3 is 10.5 Å². The Hall–Kier alpha value is -0.170. The number of nitrogens with zero attached hydrogens (tertiary/aromatic N) is 1. The molecule has 1 aliphatic heterocycles. The number of piperidine rings is 1. The lowest BCUT2D eigenvalue weighted by Crippen LogP contribution is -2.50. The lowest BCUT2D eigenvalue weighted by molar-refractivity contribution is 0.0181. The molecule has 0 saturated carbocycles. The smallest absolute Gasteiger partial charge is 0.218 e. The quantitative estimate of drug-likeness (QED) is 0.780. The van der Waals surface area contributed by atoms with Crippen molar-refractivity contribution < 1.29 is 13.2 Å². The predicted octanol–water partition coefficient (Wildman–Crippen LogP) is 0.410. The first-order chi connectivity index (χ1) is 7.97. The number of methoxy groups -OCH3 is 1. The third-order valence-electron chi connectivity index (χ3n) is 3.65. The van der Waals surface area contributed by atoms with Gasteiger partial charge in [-0.15, -0.1) is 0 Å². The van der Waals surface area contributed by atoms with Crippen LogP contribution in [0.15, 0.2) is 0 Å². The van der Waals surface area contributed by atoms with Gasteiger partial charge in [-0.2, -0.15) is 4.31 Å². The van der Waals surface area contributed by atoms with Crippen LogP contribution in [0.4, 0.5) is 0 Å². The highest BCUT2D eigenvalue weighted by Gasteiger charge is 2.36. The first-order valence-corrected chi connectivity index (χ1v) is 7.69. The van der Waals surface area contributed by atoms with Crippen LogP contribution in [0.3, 0.4) is 0 Å². The van der Waals surface area contributed by atoms with Crippen molar-refractivity contribution >= 4 is 10.0 Å². The molecule has 3 unspecified atom stereocenters. The molecule has 0 aromatic rings. The molecule has 0 aliphatic carbocycles. The van der Waals surface area contributed by atoms with Gasteiger partial charge in [-0.05, 0) is 18.8 Å². The van der Waals surface area contributed by atoms with Gasteiger partial charge in [0.1, 0.15) is 0 Å². The van der Waals surface area contributed by atoms with E-state index in [-0.39, 0.29) is 12.6 Å². The summed E-state index contributed by atoms with van der Waals surface area (Å²) in [6.07, 6.45) is 1.40. The maximum absolute atomic E-state index is 12.3. The van der Waals surface area contributed by atoms with Gasteiger partial charge in [0.25, 0.3) is 0 Å². The summed E-state index contributed by atoms with van der Waals surface area (Å²) in [5, 5.41) is -0.464. The number of rotatable bonds is 5. The number of hydrogen-bond donors (Lipinski definition) is 1. The Bertz CT molecular complexity index is 328. The standard InChI is InChI=1S/C11H24N2O3S/c1-4-10(7-12)17(14,15)13-6-5-9(2)11(8-13)16-3/h9-11H,4-8,12H2,1-3H3. The summed E-state index contributed by atoms with van der Waals surface area (Å²) >= 11 is 0. The van der Waals surface area contributed by atoms with Crippen molar-refractivity contribution in [2.45, 2.75) is 38.0 Å². The summed E-state index contributed by atoms with van der Waals surface area (Å²) in [5.74, 6) is 0.407. The number of hydrogen-bond acceptors (Lipinski definition) is 4. The van der Waals surface area contributed by atoms with Gasteiger partial charge in [0.2, 0.25) is 10.0 Å². The minimum Gasteiger partial charge on any atom is -0.380 e. The molecule has 102 valence electrons. The van der Waals surface area contributed by atoms with Crippen molar-refractivity contribution in [2.24, 2.45) is 11.7 Å². The molecule has 1 aliphatic rings. The van der Waals surface area contributed by atoms with E-state index in [4.69, 9.17) is 10.5 Å². The van der Waals surface area contributed by atoms with E-state index in [2.05, 4.69) is 6.92 Å². The van der Waals surface area contributed by atoms with E-state index < -0.39 is 15.3 Å². The molecule has 0 amide bonds. The molecule has 0 aromatic heterocycles. The first-order valence-electron chi connectivity index (χ1n) is 6.19.